The summed E-state index contributed by atoms with van der Waals surface area (Å²) in [5.41, 5.74) is -0.759. The van der Waals surface area contributed by atoms with Gasteiger partial charge in [0.2, 0.25) is 6.10 Å². The number of esters is 3. The van der Waals surface area contributed by atoms with Gasteiger partial charge >= 0.3 is 17.9 Å². The van der Waals surface area contributed by atoms with Crippen molar-refractivity contribution >= 4 is 34.8 Å². The van der Waals surface area contributed by atoms with Crippen LogP contribution in [0.25, 0.3) is 0 Å². The van der Waals surface area contributed by atoms with Crippen molar-refractivity contribution in [1.29, 1.82) is 0 Å². The van der Waals surface area contributed by atoms with Crippen LogP contribution in [0.2, 0.25) is 0 Å². The van der Waals surface area contributed by atoms with Gasteiger partial charge < -0.3 is 14.2 Å². The predicted octanol–water partition coefficient (Wildman–Crippen LogP) is 2.13. The van der Waals surface area contributed by atoms with Gasteiger partial charge in [-0.15, -0.1) is 0 Å². The van der Waals surface area contributed by atoms with Crippen LogP contribution in [0.3, 0.4) is 0 Å². The molecule has 0 bridgehead atoms. The first kappa shape index (κ1) is 23.2. The van der Waals surface area contributed by atoms with Crippen LogP contribution < -0.4 is 0 Å². The van der Waals surface area contributed by atoms with Crippen molar-refractivity contribution < 1.29 is 33.4 Å². The average Bonchev–Trinajstić information content (AvgIpc) is 2.52. The van der Waals surface area contributed by atoms with Crippen LogP contribution in [0, 0.1) is 11.3 Å². The van der Waals surface area contributed by atoms with E-state index in [-0.39, 0.29) is 17.5 Å². The lowest BCUT2D eigenvalue weighted by atomic mass is 9.97. The van der Waals surface area contributed by atoms with E-state index in [2.05, 4.69) is 6.58 Å². The standard InChI is InChI=1S/C17H26O7S/c1-7-8-22-15(20)13(9-23-16(21)17(4,5)6)24-14(19)11(2)10-25-12(3)18/h7,11,13H,1,8-10H2,2-6H3/t11-,13+/m1/s1. The number of ether oxygens (including phenoxy) is 3. The monoisotopic (exact) mass is 374 g/mol. The number of thioether (sulfide) groups is 1. The van der Waals surface area contributed by atoms with Crippen LogP contribution in [0.5, 0.6) is 0 Å². The molecule has 142 valence electrons. The van der Waals surface area contributed by atoms with E-state index < -0.39 is 42.0 Å². The van der Waals surface area contributed by atoms with Crippen molar-refractivity contribution in [2.75, 3.05) is 19.0 Å². The largest absolute Gasteiger partial charge is 0.461 e. The molecule has 0 rings (SSSR count). The molecule has 0 aliphatic rings. The molecule has 0 fully saturated rings. The molecule has 0 saturated heterocycles. The molecule has 0 spiro atoms. The number of carbonyl (C=O) groups excluding carboxylic acids is 4. The van der Waals surface area contributed by atoms with E-state index in [0.717, 1.165) is 11.8 Å². The van der Waals surface area contributed by atoms with Gasteiger partial charge in [0, 0.05) is 12.7 Å². The minimum Gasteiger partial charge on any atom is -0.461 e. The molecule has 2 atom stereocenters. The third-order valence-electron chi connectivity index (χ3n) is 2.78. The molecule has 0 saturated carbocycles. The van der Waals surface area contributed by atoms with Gasteiger partial charge in [-0.2, -0.15) is 0 Å². The van der Waals surface area contributed by atoms with Crippen molar-refractivity contribution in [1.82, 2.24) is 0 Å². The Bertz CT molecular complexity index is 508. The molecule has 0 radical (unpaired) electrons. The highest BCUT2D eigenvalue weighted by molar-refractivity contribution is 8.13. The molecule has 0 amide bonds. The molecule has 0 aromatic heterocycles. The Balaban J connectivity index is 4.85. The summed E-state index contributed by atoms with van der Waals surface area (Å²) in [6, 6.07) is 0. The normalized spacial score (nSPS) is 13.3. The van der Waals surface area contributed by atoms with Crippen molar-refractivity contribution in [3.8, 4) is 0 Å². The summed E-state index contributed by atoms with van der Waals surface area (Å²) in [4.78, 5) is 46.9. The summed E-state index contributed by atoms with van der Waals surface area (Å²) in [6.45, 7) is 10.9. The van der Waals surface area contributed by atoms with Gasteiger partial charge in [0.1, 0.15) is 13.2 Å². The van der Waals surface area contributed by atoms with Gasteiger partial charge in [0.05, 0.1) is 11.3 Å². The molecule has 0 unspecified atom stereocenters. The highest BCUT2D eigenvalue weighted by atomic mass is 32.2. The summed E-state index contributed by atoms with van der Waals surface area (Å²) in [5.74, 6) is -2.43. The molecule has 0 aliphatic carbocycles. The zero-order chi connectivity index (χ0) is 19.6. The van der Waals surface area contributed by atoms with Gasteiger partial charge in [-0.25, -0.2) is 4.79 Å². The van der Waals surface area contributed by atoms with Crippen molar-refractivity contribution in [3.63, 3.8) is 0 Å². The fourth-order valence-corrected chi connectivity index (χ4v) is 1.94. The molecule has 7 nitrogen and oxygen atoms in total. The molecule has 0 aromatic rings. The highest BCUT2D eigenvalue weighted by Crippen LogP contribution is 2.16. The van der Waals surface area contributed by atoms with E-state index >= 15 is 0 Å². The summed E-state index contributed by atoms with van der Waals surface area (Å²) in [7, 11) is 0. The zero-order valence-corrected chi connectivity index (χ0v) is 16.1. The molecule has 0 heterocycles. The quantitative estimate of drug-likeness (QED) is 0.344. The van der Waals surface area contributed by atoms with Crippen LogP contribution in [-0.4, -0.2) is 48.1 Å². The Morgan fingerprint density at radius 2 is 1.72 bits per heavy atom. The first-order chi connectivity index (χ1) is 11.5. The summed E-state index contributed by atoms with van der Waals surface area (Å²) in [6.07, 6.45) is -0.00658. The Morgan fingerprint density at radius 1 is 1.12 bits per heavy atom. The van der Waals surface area contributed by atoms with E-state index in [1.54, 1.807) is 27.7 Å². The Morgan fingerprint density at radius 3 is 2.20 bits per heavy atom. The van der Waals surface area contributed by atoms with Gasteiger partial charge in [0.15, 0.2) is 5.12 Å². The van der Waals surface area contributed by atoms with Gasteiger partial charge in [-0.1, -0.05) is 31.3 Å². The van der Waals surface area contributed by atoms with Gasteiger partial charge in [-0.05, 0) is 20.8 Å². The lowest BCUT2D eigenvalue weighted by Gasteiger charge is -2.21. The van der Waals surface area contributed by atoms with Crippen LogP contribution in [-0.2, 0) is 33.4 Å². The zero-order valence-electron chi connectivity index (χ0n) is 15.3. The van der Waals surface area contributed by atoms with Crippen LogP contribution in [0.15, 0.2) is 12.7 Å². The summed E-state index contributed by atoms with van der Waals surface area (Å²) >= 11 is 0.984. The molecule has 0 aliphatic heterocycles. The first-order valence-electron chi connectivity index (χ1n) is 7.77. The summed E-state index contributed by atoms with van der Waals surface area (Å²) < 4.78 is 15.0. The van der Waals surface area contributed by atoms with Crippen LogP contribution in [0.4, 0.5) is 0 Å². The first-order valence-corrected chi connectivity index (χ1v) is 8.76. The van der Waals surface area contributed by atoms with Crippen molar-refractivity contribution in [3.05, 3.63) is 12.7 Å². The SMILES string of the molecule is C=CCOC(=O)[C@H](COC(=O)C(C)(C)C)OC(=O)[C@H](C)CSC(C)=O. The highest BCUT2D eigenvalue weighted by Gasteiger charge is 2.31. The molecule has 25 heavy (non-hydrogen) atoms. The van der Waals surface area contributed by atoms with Gasteiger partial charge in [-0.3, -0.25) is 14.4 Å². The lowest BCUT2D eigenvalue weighted by Crippen LogP contribution is -2.37. The third-order valence-corrected chi connectivity index (χ3v) is 3.86. The van der Waals surface area contributed by atoms with E-state index in [9.17, 15) is 19.2 Å². The Kier molecular flexibility index (Phi) is 10.1. The number of carbonyl (C=O) groups is 4. The Hall–Kier alpha value is -1.83. The van der Waals surface area contributed by atoms with E-state index in [1.807, 2.05) is 0 Å². The molecule has 0 N–H and O–H groups in total. The fourth-order valence-electron chi connectivity index (χ4n) is 1.32. The Labute approximate surface area is 152 Å². The van der Waals surface area contributed by atoms with Crippen LogP contribution >= 0.6 is 11.8 Å². The van der Waals surface area contributed by atoms with Crippen molar-refractivity contribution in [2.24, 2.45) is 11.3 Å². The second-order valence-electron chi connectivity index (χ2n) is 6.40. The van der Waals surface area contributed by atoms with E-state index in [0.29, 0.717) is 0 Å². The van der Waals surface area contributed by atoms with Gasteiger partial charge in [0.25, 0.3) is 0 Å². The second-order valence-corrected chi connectivity index (χ2v) is 7.59. The second kappa shape index (κ2) is 10.9. The van der Waals surface area contributed by atoms with Crippen LogP contribution in [0.1, 0.15) is 34.6 Å². The maximum absolute atomic E-state index is 12.1. The minimum absolute atomic E-state index is 0.0597. The summed E-state index contributed by atoms with van der Waals surface area (Å²) in [5, 5.41) is -0.124. The fraction of sp³-hybridized carbons (Fsp3) is 0.647. The molecule has 8 heteroatoms. The maximum Gasteiger partial charge on any atom is 0.351 e. The molecular formula is C17H26O7S. The third kappa shape index (κ3) is 9.91. The smallest absolute Gasteiger partial charge is 0.351 e. The maximum atomic E-state index is 12.1. The van der Waals surface area contributed by atoms with E-state index in [1.165, 1.54) is 13.0 Å². The predicted molar refractivity (Wildman–Crippen MR) is 93.8 cm³/mol. The number of hydrogen-bond donors (Lipinski definition) is 0. The molecule has 0 aromatic carbocycles. The number of rotatable bonds is 9. The average molecular weight is 374 g/mol. The van der Waals surface area contributed by atoms with E-state index in [4.69, 9.17) is 14.2 Å². The van der Waals surface area contributed by atoms with Crippen molar-refractivity contribution in [2.45, 2.75) is 40.7 Å². The minimum atomic E-state index is -1.37. The molecular weight excluding hydrogens is 348 g/mol. The number of hydrogen-bond acceptors (Lipinski definition) is 8. The lowest BCUT2D eigenvalue weighted by molar-refractivity contribution is -0.177. The topological polar surface area (TPSA) is 96.0 Å².